The fraction of sp³-hybridized carbons (Fsp3) is 0.444. The monoisotopic (exact) mass is 416 g/mol. The molecule has 26 heavy (non-hydrogen) atoms. The lowest BCUT2D eigenvalue weighted by molar-refractivity contribution is -0.138. The van der Waals surface area contributed by atoms with Crippen molar-refractivity contribution in [1.29, 1.82) is 0 Å². The number of carbonyl (C=O) groups is 2. The Morgan fingerprint density at radius 1 is 1.46 bits per heavy atom. The quantitative estimate of drug-likeness (QED) is 0.527. The van der Waals surface area contributed by atoms with Crippen molar-refractivity contribution in [2.24, 2.45) is 0 Å². The first-order valence-corrected chi connectivity index (χ1v) is 9.32. The lowest BCUT2D eigenvalue weighted by Crippen LogP contribution is -2.50. The minimum atomic E-state index is -1.39. The van der Waals surface area contributed by atoms with E-state index in [0.29, 0.717) is 18.7 Å². The Hall–Kier alpha value is -1.43. The van der Waals surface area contributed by atoms with Crippen LogP contribution in [0.5, 0.6) is 5.75 Å². The molecule has 1 aliphatic heterocycles. The lowest BCUT2D eigenvalue weighted by atomic mass is 10.2. The minimum Gasteiger partial charge on any atom is -0.497 e. The predicted molar refractivity (Wildman–Crippen MR) is 103 cm³/mol. The molecule has 2 unspecified atom stereocenters. The summed E-state index contributed by atoms with van der Waals surface area (Å²) in [7, 11) is 1.57. The van der Waals surface area contributed by atoms with Crippen LogP contribution in [-0.2, 0) is 9.59 Å². The predicted octanol–water partition coefficient (Wildman–Crippen LogP) is 3.37. The molecular weight excluding hydrogens is 399 g/mol. The summed E-state index contributed by atoms with van der Waals surface area (Å²) in [5.74, 6) is 0.0450. The summed E-state index contributed by atoms with van der Waals surface area (Å²) >= 11 is 18.4. The molecule has 1 saturated heterocycles. The molecule has 3 rings (SSSR count). The van der Waals surface area contributed by atoms with Gasteiger partial charge in [-0.25, -0.2) is 0 Å². The van der Waals surface area contributed by atoms with Crippen LogP contribution >= 0.6 is 34.8 Å². The molecule has 1 aromatic carbocycles. The van der Waals surface area contributed by atoms with E-state index in [9.17, 15) is 9.59 Å². The molecule has 1 aromatic rings. The summed E-state index contributed by atoms with van der Waals surface area (Å²) in [6, 6.07) is 6.60. The Labute approximate surface area is 167 Å². The van der Waals surface area contributed by atoms with E-state index in [1.165, 1.54) is 4.90 Å². The molecule has 8 heteroatoms. The van der Waals surface area contributed by atoms with E-state index in [2.05, 4.69) is 6.58 Å². The van der Waals surface area contributed by atoms with Gasteiger partial charge in [0.2, 0.25) is 11.8 Å². The second-order valence-corrected chi connectivity index (χ2v) is 8.55. The van der Waals surface area contributed by atoms with Crippen LogP contribution in [-0.4, -0.2) is 52.2 Å². The smallest absolute Gasteiger partial charge is 0.249 e. The number of amides is 2. The number of nitrogens with zero attached hydrogens (tertiary/aromatic N) is 2. The van der Waals surface area contributed by atoms with E-state index in [1.807, 2.05) is 12.1 Å². The van der Waals surface area contributed by atoms with Crippen molar-refractivity contribution >= 4 is 52.3 Å². The SMILES string of the molecule is C=CCN(C(=O)C1(Cl)CC1(Cl)Cl)C1CCN(c2cccc(OC)c2)C1=O. The number of hydrogen-bond donors (Lipinski definition) is 0. The van der Waals surface area contributed by atoms with Crippen molar-refractivity contribution < 1.29 is 14.3 Å². The second kappa shape index (κ2) is 6.95. The van der Waals surface area contributed by atoms with Crippen LogP contribution in [0, 0.1) is 0 Å². The number of benzene rings is 1. The van der Waals surface area contributed by atoms with Crippen molar-refractivity contribution in [1.82, 2.24) is 4.90 Å². The maximum Gasteiger partial charge on any atom is 0.249 e. The molecule has 0 bridgehead atoms. The Morgan fingerprint density at radius 3 is 2.73 bits per heavy atom. The summed E-state index contributed by atoms with van der Waals surface area (Å²) < 4.78 is 3.91. The maximum atomic E-state index is 13.0. The molecule has 2 amide bonds. The van der Waals surface area contributed by atoms with Crippen molar-refractivity contribution in [3.05, 3.63) is 36.9 Å². The first-order chi connectivity index (χ1) is 12.2. The molecule has 0 radical (unpaired) electrons. The van der Waals surface area contributed by atoms with E-state index >= 15 is 0 Å². The zero-order valence-corrected chi connectivity index (χ0v) is 16.5. The average Bonchev–Trinajstić information content (AvgIpc) is 2.94. The summed E-state index contributed by atoms with van der Waals surface area (Å²) in [4.78, 5) is 27.6. The fourth-order valence-corrected chi connectivity index (χ4v) is 4.21. The number of hydrogen-bond acceptors (Lipinski definition) is 3. The number of ether oxygens (including phenoxy) is 1. The normalized spacial score (nSPS) is 26.5. The van der Waals surface area contributed by atoms with Crippen LogP contribution in [0.3, 0.4) is 0 Å². The van der Waals surface area contributed by atoms with Gasteiger partial charge in [-0.2, -0.15) is 0 Å². The van der Waals surface area contributed by atoms with Crippen molar-refractivity contribution in [2.45, 2.75) is 28.1 Å². The van der Waals surface area contributed by atoms with Gasteiger partial charge in [-0.15, -0.1) is 18.2 Å². The van der Waals surface area contributed by atoms with Crippen molar-refractivity contribution in [2.75, 3.05) is 25.1 Å². The zero-order chi connectivity index (χ0) is 19.1. The number of rotatable bonds is 6. The molecule has 2 atom stereocenters. The first-order valence-electron chi connectivity index (χ1n) is 8.19. The van der Waals surface area contributed by atoms with Gasteiger partial charge in [0, 0.05) is 31.3 Å². The van der Waals surface area contributed by atoms with Crippen LogP contribution in [0.2, 0.25) is 0 Å². The van der Waals surface area contributed by atoms with Crippen molar-refractivity contribution in [3.8, 4) is 5.75 Å². The van der Waals surface area contributed by atoms with Gasteiger partial charge in [0.25, 0.3) is 0 Å². The molecule has 0 spiro atoms. The summed E-state index contributed by atoms with van der Waals surface area (Å²) in [6.07, 6.45) is 2.20. The second-order valence-electron chi connectivity index (χ2n) is 6.42. The highest BCUT2D eigenvalue weighted by atomic mass is 35.5. The average molecular weight is 418 g/mol. The van der Waals surface area contributed by atoms with Gasteiger partial charge in [-0.1, -0.05) is 35.3 Å². The number of carbonyl (C=O) groups excluding carboxylic acids is 2. The molecule has 140 valence electrons. The largest absolute Gasteiger partial charge is 0.497 e. The number of methoxy groups -OCH3 is 1. The molecule has 5 nitrogen and oxygen atoms in total. The molecule has 0 N–H and O–H groups in total. The lowest BCUT2D eigenvalue weighted by Gasteiger charge is -2.29. The van der Waals surface area contributed by atoms with Gasteiger partial charge in [-0.05, 0) is 18.6 Å². The molecule has 2 fully saturated rings. The highest BCUT2D eigenvalue weighted by Crippen LogP contribution is 2.62. The highest BCUT2D eigenvalue weighted by Gasteiger charge is 2.72. The van der Waals surface area contributed by atoms with Gasteiger partial charge in [-0.3, -0.25) is 9.59 Å². The number of halogens is 3. The maximum absolute atomic E-state index is 13.0. The summed E-state index contributed by atoms with van der Waals surface area (Å²) in [5.41, 5.74) is 0.721. The standard InChI is InChI=1S/C18H19Cl3N2O3/c1-3-8-23(16(25)17(19)11-18(17,20)21)14-7-9-22(15(14)24)12-5-4-6-13(10-12)26-2/h3-6,10,14H,1,7-9,11H2,2H3. The van der Waals surface area contributed by atoms with Crippen molar-refractivity contribution in [3.63, 3.8) is 0 Å². The molecule has 1 saturated carbocycles. The van der Waals surface area contributed by atoms with Gasteiger partial charge in [0.1, 0.15) is 16.1 Å². The Morgan fingerprint density at radius 2 is 2.15 bits per heavy atom. The third-order valence-corrected chi connectivity index (χ3v) is 6.49. The van der Waals surface area contributed by atoms with Crippen LogP contribution in [0.25, 0.3) is 0 Å². The van der Waals surface area contributed by atoms with Crippen LogP contribution in [0.15, 0.2) is 36.9 Å². The molecule has 1 aliphatic carbocycles. The summed E-state index contributed by atoms with van der Waals surface area (Å²) in [6.45, 7) is 4.35. The van der Waals surface area contributed by atoms with E-state index < -0.39 is 21.2 Å². The van der Waals surface area contributed by atoms with E-state index in [4.69, 9.17) is 39.5 Å². The Balaban J connectivity index is 1.82. The third kappa shape index (κ3) is 3.17. The van der Waals surface area contributed by atoms with E-state index in [0.717, 1.165) is 5.69 Å². The van der Waals surface area contributed by atoms with Crippen LogP contribution in [0.1, 0.15) is 12.8 Å². The van der Waals surface area contributed by atoms with Gasteiger partial charge in [0.15, 0.2) is 4.87 Å². The van der Waals surface area contributed by atoms with Crippen LogP contribution in [0.4, 0.5) is 5.69 Å². The molecule has 1 heterocycles. The van der Waals surface area contributed by atoms with Gasteiger partial charge in [0.05, 0.1) is 7.11 Å². The van der Waals surface area contributed by atoms with Gasteiger partial charge < -0.3 is 14.5 Å². The minimum absolute atomic E-state index is 0.150. The Kier molecular flexibility index (Phi) is 5.17. The first kappa shape index (κ1) is 19.3. The van der Waals surface area contributed by atoms with E-state index in [1.54, 1.807) is 30.2 Å². The topological polar surface area (TPSA) is 49.9 Å². The number of anilines is 1. The van der Waals surface area contributed by atoms with Crippen LogP contribution < -0.4 is 9.64 Å². The summed E-state index contributed by atoms with van der Waals surface area (Å²) in [5, 5.41) is 0. The van der Waals surface area contributed by atoms with E-state index in [-0.39, 0.29) is 18.9 Å². The highest BCUT2D eigenvalue weighted by molar-refractivity contribution is 6.62. The molecular formula is C18H19Cl3N2O3. The Bertz CT molecular complexity index is 755. The molecule has 2 aliphatic rings. The third-order valence-electron chi connectivity index (χ3n) is 4.76. The number of alkyl halides is 3. The molecule has 0 aromatic heterocycles. The fourth-order valence-electron chi connectivity index (χ4n) is 3.20. The zero-order valence-electron chi connectivity index (χ0n) is 14.3. The van der Waals surface area contributed by atoms with Gasteiger partial charge >= 0.3 is 0 Å².